The average Bonchev–Trinajstić information content (AvgIpc) is 2.28. The molecular weight excluding hydrogens is 255 g/mol. The molecule has 5 nitrogen and oxygen atoms in total. The summed E-state index contributed by atoms with van der Waals surface area (Å²) in [6.07, 6.45) is 0. The number of ether oxygens (including phenoxy) is 1. The van der Waals surface area contributed by atoms with E-state index in [0.717, 1.165) is 0 Å². The summed E-state index contributed by atoms with van der Waals surface area (Å²) in [5, 5.41) is 0. The Bertz CT molecular complexity index is 410. The first-order valence-corrected chi connectivity index (χ1v) is 6.49. The molecule has 98 valence electrons. The fraction of sp³-hybridized carbons (Fsp3) is 0.417. The van der Waals surface area contributed by atoms with Crippen LogP contribution in [-0.2, 0) is 18.6 Å². The van der Waals surface area contributed by atoms with Crippen molar-refractivity contribution in [3.63, 3.8) is 0 Å². The van der Waals surface area contributed by atoms with E-state index in [4.69, 9.17) is 13.8 Å². The Kier molecular flexibility index (Phi) is 5.25. The van der Waals surface area contributed by atoms with E-state index in [-0.39, 0.29) is 0 Å². The predicted octanol–water partition coefficient (Wildman–Crippen LogP) is 3.29. The maximum Gasteiger partial charge on any atom is 0.753 e. The molecule has 6 heteroatoms. The summed E-state index contributed by atoms with van der Waals surface area (Å²) in [5.74, 6) is 0.00590. The zero-order valence-electron chi connectivity index (χ0n) is 10.6. The molecule has 1 aromatic rings. The molecule has 0 radical (unpaired) electrons. The molecule has 0 aliphatic carbocycles. The van der Waals surface area contributed by atoms with E-state index in [1.54, 1.807) is 45.0 Å². The molecule has 0 N–H and O–H groups in total. The van der Waals surface area contributed by atoms with Crippen LogP contribution in [-0.4, -0.2) is 12.8 Å². The topological polar surface area (TPSA) is 61.8 Å². The van der Waals surface area contributed by atoms with E-state index < -0.39 is 26.4 Å². The fourth-order valence-corrected chi connectivity index (χ4v) is 1.42. The molecule has 0 aliphatic heterocycles. The van der Waals surface area contributed by atoms with Gasteiger partial charge in [0.1, 0.15) is 0 Å². The molecular formula is C12H16O5P+. The minimum Gasteiger partial charge on any atom is -0.433 e. The quantitative estimate of drug-likeness (QED) is 0.467. The molecule has 1 rings (SSSR count). The van der Waals surface area contributed by atoms with Crippen molar-refractivity contribution in [1.82, 2.24) is 0 Å². The number of carbonyl (C=O) groups excluding carboxylic acids is 1. The molecule has 0 amide bonds. The Balaban J connectivity index is 2.28. The van der Waals surface area contributed by atoms with Gasteiger partial charge < -0.3 is 4.74 Å². The van der Waals surface area contributed by atoms with E-state index in [0.29, 0.717) is 5.75 Å². The number of rotatable bonds is 5. The van der Waals surface area contributed by atoms with Crippen molar-refractivity contribution in [2.24, 2.45) is 5.41 Å². The molecule has 1 unspecified atom stereocenters. The Morgan fingerprint density at radius 1 is 1.22 bits per heavy atom. The van der Waals surface area contributed by atoms with Gasteiger partial charge >= 0.3 is 14.2 Å². The van der Waals surface area contributed by atoms with E-state index in [1.807, 2.05) is 6.07 Å². The third-order valence-corrected chi connectivity index (χ3v) is 2.56. The van der Waals surface area contributed by atoms with Crippen molar-refractivity contribution in [3.05, 3.63) is 30.3 Å². The van der Waals surface area contributed by atoms with Gasteiger partial charge in [-0.3, -0.25) is 4.79 Å². The van der Waals surface area contributed by atoms with Crippen LogP contribution < -0.4 is 4.52 Å². The highest BCUT2D eigenvalue weighted by molar-refractivity contribution is 7.33. The lowest BCUT2D eigenvalue weighted by atomic mass is 9.98. The molecule has 0 spiro atoms. The monoisotopic (exact) mass is 271 g/mol. The first kappa shape index (κ1) is 14.6. The summed E-state index contributed by atoms with van der Waals surface area (Å²) in [5.41, 5.74) is -0.616. The third-order valence-electron chi connectivity index (χ3n) is 1.88. The number of carbonyl (C=O) groups is 1. The molecule has 18 heavy (non-hydrogen) atoms. The second kappa shape index (κ2) is 6.47. The van der Waals surface area contributed by atoms with Crippen molar-refractivity contribution in [1.29, 1.82) is 0 Å². The summed E-state index contributed by atoms with van der Waals surface area (Å²) in [4.78, 5) is 11.4. The van der Waals surface area contributed by atoms with Crippen molar-refractivity contribution < 1.29 is 23.1 Å². The zero-order valence-corrected chi connectivity index (χ0v) is 11.5. The van der Waals surface area contributed by atoms with Crippen LogP contribution in [0.1, 0.15) is 20.8 Å². The minimum atomic E-state index is -2.35. The first-order chi connectivity index (χ1) is 8.39. The number of esters is 1. The van der Waals surface area contributed by atoms with Crippen LogP contribution in [0.3, 0.4) is 0 Å². The summed E-state index contributed by atoms with van der Waals surface area (Å²) >= 11 is 0. The van der Waals surface area contributed by atoms with E-state index >= 15 is 0 Å². The van der Waals surface area contributed by atoms with Crippen molar-refractivity contribution in [2.75, 3.05) is 6.79 Å². The zero-order chi connectivity index (χ0) is 13.6. The molecule has 0 fully saturated rings. The van der Waals surface area contributed by atoms with Crippen LogP contribution in [0.5, 0.6) is 5.75 Å². The van der Waals surface area contributed by atoms with Gasteiger partial charge in [-0.15, -0.1) is 0 Å². The summed E-state index contributed by atoms with van der Waals surface area (Å²) in [6.45, 7) is 4.76. The van der Waals surface area contributed by atoms with Gasteiger partial charge in [0.05, 0.1) is 5.41 Å². The number of hydrogen-bond donors (Lipinski definition) is 0. The first-order valence-electron chi connectivity index (χ1n) is 5.40. The van der Waals surface area contributed by atoms with Crippen molar-refractivity contribution in [3.8, 4) is 5.75 Å². The SMILES string of the molecule is CC(C)(C)C(=O)OCO[P+](=O)Oc1ccccc1. The number of para-hydroxylation sites is 1. The van der Waals surface area contributed by atoms with Crippen molar-refractivity contribution >= 4 is 14.2 Å². The maximum absolute atomic E-state index is 11.4. The molecule has 0 bridgehead atoms. The molecule has 0 saturated heterocycles. The summed E-state index contributed by atoms with van der Waals surface area (Å²) in [7, 11) is -2.35. The summed E-state index contributed by atoms with van der Waals surface area (Å²) in [6, 6.07) is 8.61. The van der Waals surface area contributed by atoms with Gasteiger partial charge in [0.25, 0.3) is 0 Å². The van der Waals surface area contributed by atoms with E-state index in [9.17, 15) is 9.36 Å². The molecule has 0 aromatic heterocycles. The minimum absolute atomic E-state index is 0.391. The normalized spacial score (nSPS) is 11.8. The lowest BCUT2D eigenvalue weighted by Crippen LogP contribution is -2.23. The van der Waals surface area contributed by atoms with Gasteiger partial charge in [0.2, 0.25) is 6.79 Å². The van der Waals surface area contributed by atoms with Crippen molar-refractivity contribution in [2.45, 2.75) is 20.8 Å². The fourth-order valence-electron chi connectivity index (χ4n) is 0.933. The molecule has 0 heterocycles. The second-order valence-electron chi connectivity index (χ2n) is 4.56. The third kappa shape index (κ3) is 5.25. The highest BCUT2D eigenvalue weighted by Gasteiger charge is 2.27. The largest absolute Gasteiger partial charge is 0.753 e. The molecule has 0 aliphatic rings. The van der Waals surface area contributed by atoms with Crippen LogP contribution in [0.4, 0.5) is 0 Å². The number of hydrogen-bond acceptors (Lipinski definition) is 5. The lowest BCUT2D eigenvalue weighted by molar-refractivity contribution is -0.159. The van der Waals surface area contributed by atoms with Crippen LogP contribution in [0.15, 0.2) is 30.3 Å². The standard InChI is InChI=1S/C12H16O5P/c1-12(2,3)11(13)15-9-16-18(14)17-10-7-5-4-6-8-10/h4-8H,9H2,1-3H3/q+1. The maximum atomic E-state index is 11.4. The number of benzene rings is 1. The van der Waals surface area contributed by atoms with Crippen LogP contribution in [0, 0.1) is 5.41 Å². The molecule has 1 atom stereocenters. The van der Waals surface area contributed by atoms with Gasteiger partial charge in [0, 0.05) is 4.57 Å². The smallest absolute Gasteiger partial charge is 0.433 e. The van der Waals surface area contributed by atoms with E-state index in [2.05, 4.69) is 0 Å². The van der Waals surface area contributed by atoms with Gasteiger partial charge in [-0.05, 0) is 32.9 Å². The Hall–Kier alpha value is -1.45. The molecule has 1 aromatic carbocycles. The second-order valence-corrected chi connectivity index (χ2v) is 5.44. The average molecular weight is 271 g/mol. The van der Waals surface area contributed by atoms with Crippen LogP contribution >= 0.6 is 8.25 Å². The van der Waals surface area contributed by atoms with Gasteiger partial charge in [0.15, 0.2) is 5.75 Å². The Morgan fingerprint density at radius 2 is 1.83 bits per heavy atom. The molecule has 0 saturated carbocycles. The Morgan fingerprint density at radius 3 is 2.39 bits per heavy atom. The van der Waals surface area contributed by atoms with Gasteiger partial charge in [-0.25, -0.2) is 4.52 Å². The Labute approximate surface area is 107 Å². The highest BCUT2D eigenvalue weighted by atomic mass is 31.1. The van der Waals surface area contributed by atoms with Crippen LogP contribution in [0.25, 0.3) is 0 Å². The predicted molar refractivity (Wildman–Crippen MR) is 66.2 cm³/mol. The highest BCUT2D eigenvalue weighted by Crippen LogP contribution is 2.27. The van der Waals surface area contributed by atoms with Crippen LogP contribution in [0.2, 0.25) is 0 Å². The van der Waals surface area contributed by atoms with Gasteiger partial charge in [-0.1, -0.05) is 22.7 Å². The summed E-state index contributed by atoms with van der Waals surface area (Å²) < 4.78 is 25.9. The van der Waals surface area contributed by atoms with Gasteiger partial charge in [-0.2, -0.15) is 0 Å². The van der Waals surface area contributed by atoms with E-state index in [1.165, 1.54) is 0 Å². The lowest BCUT2D eigenvalue weighted by Gasteiger charge is -2.14.